The van der Waals surface area contributed by atoms with Crippen LogP contribution in [0.5, 0.6) is 0 Å². The number of hydrogen-bond donors (Lipinski definition) is 1. The van der Waals surface area contributed by atoms with Gasteiger partial charge in [0.15, 0.2) is 0 Å². The molecule has 0 saturated carbocycles. The van der Waals surface area contributed by atoms with Crippen molar-refractivity contribution >= 4 is 34.6 Å². The van der Waals surface area contributed by atoms with Gasteiger partial charge in [0.2, 0.25) is 0 Å². The van der Waals surface area contributed by atoms with E-state index in [9.17, 15) is 4.79 Å². The zero-order valence-corrected chi connectivity index (χ0v) is 10.9. The molecular formula is C15H13NOS. The average Bonchev–Trinajstić information content (AvgIpc) is 2.96. The third-order valence-electron chi connectivity index (χ3n) is 3.03. The molecule has 0 fully saturated rings. The molecule has 1 aromatic carbocycles. The quantitative estimate of drug-likeness (QED) is 0.812. The number of carbonyl (C=O) groups excluding carboxylic acids is 1. The number of rotatable bonds is 2. The smallest absolute Gasteiger partial charge is 0.256 e. The first kappa shape index (κ1) is 11.2. The van der Waals surface area contributed by atoms with E-state index in [2.05, 4.69) is 24.4 Å². The molecule has 0 radical (unpaired) electrons. The maximum atomic E-state index is 11.9. The highest BCUT2D eigenvalue weighted by Crippen LogP contribution is 2.33. The predicted octanol–water partition coefficient (Wildman–Crippen LogP) is 3.80. The van der Waals surface area contributed by atoms with Crippen LogP contribution in [0.2, 0.25) is 0 Å². The van der Waals surface area contributed by atoms with Crippen LogP contribution in [0.25, 0.3) is 11.6 Å². The molecule has 0 aliphatic carbocycles. The van der Waals surface area contributed by atoms with Crippen LogP contribution in [0, 0.1) is 0 Å². The van der Waals surface area contributed by atoms with Crippen molar-refractivity contribution in [2.24, 2.45) is 0 Å². The number of amides is 1. The van der Waals surface area contributed by atoms with E-state index in [1.165, 1.54) is 4.88 Å². The van der Waals surface area contributed by atoms with Crippen LogP contribution in [0.4, 0.5) is 5.69 Å². The first-order valence-electron chi connectivity index (χ1n) is 5.99. The van der Waals surface area contributed by atoms with E-state index in [0.29, 0.717) is 0 Å². The fourth-order valence-electron chi connectivity index (χ4n) is 2.09. The molecule has 1 aromatic heterocycles. The summed E-state index contributed by atoms with van der Waals surface area (Å²) in [7, 11) is 0. The van der Waals surface area contributed by atoms with Gasteiger partial charge in [-0.1, -0.05) is 25.1 Å². The van der Waals surface area contributed by atoms with Crippen molar-refractivity contribution in [3.05, 3.63) is 51.7 Å². The van der Waals surface area contributed by atoms with Crippen molar-refractivity contribution < 1.29 is 4.79 Å². The number of thiophene rings is 1. The normalized spacial score (nSPS) is 15.8. The second-order valence-corrected chi connectivity index (χ2v) is 5.42. The standard InChI is InChI=1S/C15H13NOS/c1-2-10-7-8-11(18-10)9-13-12-5-3-4-6-14(12)16-15(13)17/h3-9H,2H2,1H3,(H,16,17). The summed E-state index contributed by atoms with van der Waals surface area (Å²) in [6, 6.07) is 12.0. The van der Waals surface area contributed by atoms with E-state index in [1.54, 1.807) is 11.3 Å². The van der Waals surface area contributed by atoms with Gasteiger partial charge < -0.3 is 5.32 Å². The van der Waals surface area contributed by atoms with Crippen LogP contribution >= 0.6 is 11.3 Å². The first-order chi connectivity index (χ1) is 8.78. The third-order valence-corrected chi connectivity index (χ3v) is 4.20. The summed E-state index contributed by atoms with van der Waals surface area (Å²) in [6.07, 6.45) is 3.02. The highest BCUT2D eigenvalue weighted by Gasteiger charge is 2.23. The molecule has 2 nitrogen and oxygen atoms in total. The maximum absolute atomic E-state index is 11.9. The van der Waals surface area contributed by atoms with Crippen molar-refractivity contribution in [3.8, 4) is 0 Å². The van der Waals surface area contributed by atoms with Gasteiger partial charge in [-0.05, 0) is 30.7 Å². The summed E-state index contributed by atoms with van der Waals surface area (Å²) in [5.41, 5.74) is 2.66. The Bertz CT molecular complexity index is 639. The van der Waals surface area contributed by atoms with Crippen molar-refractivity contribution in [1.29, 1.82) is 0 Å². The van der Waals surface area contributed by atoms with Gasteiger partial charge in [0.05, 0.1) is 5.57 Å². The first-order valence-corrected chi connectivity index (χ1v) is 6.80. The molecule has 3 heteroatoms. The monoisotopic (exact) mass is 255 g/mol. The molecule has 1 aliphatic rings. The minimum absolute atomic E-state index is 0.0114. The summed E-state index contributed by atoms with van der Waals surface area (Å²) < 4.78 is 0. The number of nitrogens with one attached hydrogen (secondary N) is 1. The Kier molecular flexibility index (Phi) is 2.76. The van der Waals surface area contributed by atoms with E-state index in [0.717, 1.165) is 28.1 Å². The number of fused-ring (bicyclic) bond motifs is 1. The molecule has 18 heavy (non-hydrogen) atoms. The van der Waals surface area contributed by atoms with Crippen LogP contribution in [0.3, 0.4) is 0 Å². The highest BCUT2D eigenvalue weighted by molar-refractivity contribution is 7.13. The molecule has 1 aliphatic heterocycles. The third kappa shape index (κ3) is 1.87. The van der Waals surface area contributed by atoms with Crippen LogP contribution in [0.15, 0.2) is 36.4 Å². The van der Waals surface area contributed by atoms with Gasteiger partial charge in [-0.3, -0.25) is 4.79 Å². The summed E-state index contributed by atoms with van der Waals surface area (Å²) >= 11 is 1.74. The molecule has 0 atom stereocenters. The summed E-state index contributed by atoms with van der Waals surface area (Å²) in [5, 5.41) is 2.89. The van der Waals surface area contributed by atoms with Crippen LogP contribution < -0.4 is 5.32 Å². The minimum atomic E-state index is -0.0114. The van der Waals surface area contributed by atoms with Crippen LogP contribution in [0.1, 0.15) is 22.2 Å². The Balaban J connectivity index is 2.04. The van der Waals surface area contributed by atoms with E-state index in [-0.39, 0.29) is 5.91 Å². The predicted molar refractivity (Wildman–Crippen MR) is 76.6 cm³/mol. The zero-order valence-electron chi connectivity index (χ0n) is 10.1. The number of para-hydroxylation sites is 1. The maximum Gasteiger partial charge on any atom is 0.256 e. The Hall–Kier alpha value is -1.87. The molecule has 90 valence electrons. The Labute approximate surface area is 110 Å². The van der Waals surface area contributed by atoms with Crippen molar-refractivity contribution in [3.63, 3.8) is 0 Å². The van der Waals surface area contributed by atoms with Crippen molar-refractivity contribution in [2.75, 3.05) is 5.32 Å². The molecule has 2 heterocycles. The lowest BCUT2D eigenvalue weighted by Crippen LogP contribution is -2.03. The van der Waals surface area contributed by atoms with Gasteiger partial charge in [-0.25, -0.2) is 0 Å². The van der Waals surface area contributed by atoms with Crippen LogP contribution in [-0.4, -0.2) is 5.91 Å². The van der Waals surface area contributed by atoms with Gasteiger partial charge >= 0.3 is 0 Å². The van der Waals surface area contributed by atoms with E-state index in [4.69, 9.17) is 0 Å². The topological polar surface area (TPSA) is 29.1 Å². The lowest BCUT2D eigenvalue weighted by atomic mass is 10.1. The average molecular weight is 255 g/mol. The fourth-order valence-corrected chi connectivity index (χ4v) is 2.98. The molecule has 1 amide bonds. The van der Waals surface area contributed by atoms with Gasteiger partial charge in [0.1, 0.15) is 0 Å². The van der Waals surface area contributed by atoms with Crippen molar-refractivity contribution in [2.45, 2.75) is 13.3 Å². The van der Waals surface area contributed by atoms with E-state index >= 15 is 0 Å². The summed E-state index contributed by atoms with van der Waals surface area (Å²) in [6.45, 7) is 2.14. The Morgan fingerprint density at radius 1 is 1.22 bits per heavy atom. The van der Waals surface area contributed by atoms with Gasteiger partial charge in [0, 0.05) is 21.0 Å². The van der Waals surface area contributed by atoms with Gasteiger partial charge in [0.25, 0.3) is 5.91 Å². The molecule has 0 saturated heterocycles. The van der Waals surface area contributed by atoms with E-state index in [1.807, 2.05) is 30.3 Å². The van der Waals surface area contributed by atoms with Gasteiger partial charge in [-0.15, -0.1) is 11.3 Å². The number of benzene rings is 1. The molecule has 0 spiro atoms. The van der Waals surface area contributed by atoms with Crippen molar-refractivity contribution in [1.82, 2.24) is 0 Å². The molecule has 3 rings (SSSR count). The van der Waals surface area contributed by atoms with E-state index < -0.39 is 0 Å². The highest BCUT2D eigenvalue weighted by atomic mass is 32.1. The van der Waals surface area contributed by atoms with Gasteiger partial charge in [-0.2, -0.15) is 0 Å². The molecule has 1 N–H and O–H groups in total. The molecule has 2 aromatic rings. The Morgan fingerprint density at radius 2 is 2.06 bits per heavy atom. The Morgan fingerprint density at radius 3 is 2.83 bits per heavy atom. The zero-order chi connectivity index (χ0) is 12.5. The molecular weight excluding hydrogens is 242 g/mol. The summed E-state index contributed by atoms with van der Waals surface area (Å²) in [4.78, 5) is 14.4. The second-order valence-electron chi connectivity index (χ2n) is 4.22. The largest absolute Gasteiger partial charge is 0.321 e. The second kappa shape index (κ2) is 4.42. The number of aryl methyl sites for hydroxylation is 1. The lowest BCUT2D eigenvalue weighted by molar-refractivity contribution is -0.110. The number of hydrogen-bond acceptors (Lipinski definition) is 2. The SMILES string of the molecule is CCc1ccc(C=C2C(=O)Nc3ccccc32)s1. The molecule has 0 bridgehead atoms. The lowest BCUT2D eigenvalue weighted by Gasteiger charge is -1.95. The molecule has 0 unspecified atom stereocenters. The van der Waals surface area contributed by atoms with Crippen LogP contribution in [-0.2, 0) is 11.2 Å². The minimum Gasteiger partial charge on any atom is -0.321 e. The fraction of sp³-hybridized carbons (Fsp3) is 0.133. The number of carbonyl (C=O) groups is 1. The number of anilines is 1. The summed E-state index contributed by atoms with van der Waals surface area (Å²) in [5.74, 6) is -0.0114.